The minimum Gasteiger partial charge on any atom is -0.353 e. The summed E-state index contributed by atoms with van der Waals surface area (Å²) in [5.74, 6) is -0.0290. The Hall–Kier alpha value is -2.47. The van der Waals surface area contributed by atoms with Gasteiger partial charge in [0.05, 0.1) is 6.54 Å². The highest BCUT2D eigenvalue weighted by Crippen LogP contribution is 2.29. The van der Waals surface area contributed by atoms with Crippen LogP contribution in [-0.2, 0) is 18.4 Å². The summed E-state index contributed by atoms with van der Waals surface area (Å²) in [5, 5.41) is 3.38. The van der Waals surface area contributed by atoms with E-state index in [4.69, 9.17) is 11.6 Å². The Morgan fingerprint density at radius 1 is 1.25 bits per heavy atom. The Kier molecular flexibility index (Phi) is 6.29. The average molecular weight is 403 g/mol. The number of benzene rings is 1. The zero-order valence-electron chi connectivity index (χ0n) is 16.6. The van der Waals surface area contributed by atoms with Crippen molar-refractivity contribution in [2.75, 3.05) is 11.9 Å². The molecule has 28 heavy (non-hydrogen) atoms. The molecule has 0 saturated heterocycles. The molecule has 1 heterocycles. The van der Waals surface area contributed by atoms with Crippen LogP contribution in [0.1, 0.15) is 32.4 Å². The summed E-state index contributed by atoms with van der Waals surface area (Å²) in [7, 11) is 1.98. The molecule has 3 rings (SSSR count). The molecule has 7 heteroatoms. The van der Waals surface area contributed by atoms with E-state index in [2.05, 4.69) is 5.32 Å². The summed E-state index contributed by atoms with van der Waals surface area (Å²) in [6.07, 6.45) is 4.02. The lowest BCUT2D eigenvalue weighted by atomic mass is 10.3. The third kappa shape index (κ3) is 5.07. The second kappa shape index (κ2) is 8.69. The summed E-state index contributed by atoms with van der Waals surface area (Å²) in [5.41, 5.74) is 1.69. The van der Waals surface area contributed by atoms with Crippen molar-refractivity contribution in [2.24, 2.45) is 7.05 Å². The molecule has 1 N–H and O–H groups in total. The lowest BCUT2D eigenvalue weighted by Crippen LogP contribution is -2.48. The fraction of sp³-hybridized carbons (Fsp3) is 0.429. The van der Waals surface area contributed by atoms with E-state index < -0.39 is 0 Å². The Morgan fingerprint density at radius 3 is 2.57 bits per heavy atom. The van der Waals surface area contributed by atoms with Crippen LogP contribution in [0.5, 0.6) is 0 Å². The lowest BCUT2D eigenvalue weighted by molar-refractivity contribution is -0.133. The average Bonchev–Trinajstić information content (AvgIpc) is 3.39. The number of aromatic nitrogens is 1. The molecule has 0 unspecified atom stereocenters. The van der Waals surface area contributed by atoms with Gasteiger partial charge in [0.2, 0.25) is 5.91 Å². The number of anilines is 1. The number of carbonyl (C=O) groups excluding carboxylic acids is 2. The van der Waals surface area contributed by atoms with Crippen LogP contribution in [0.3, 0.4) is 0 Å². The molecule has 1 aliphatic carbocycles. The zero-order chi connectivity index (χ0) is 20.3. The predicted octanol–water partition coefficient (Wildman–Crippen LogP) is 4.11. The number of amides is 3. The van der Waals surface area contributed by atoms with Crippen molar-refractivity contribution in [1.29, 1.82) is 0 Å². The maximum absolute atomic E-state index is 13.1. The number of urea groups is 1. The van der Waals surface area contributed by atoms with Gasteiger partial charge in [-0.3, -0.25) is 4.79 Å². The quantitative estimate of drug-likeness (QED) is 0.757. The van der Waals surface area contributed by atoms with E-state index in [9.17, 15) is 9.59 Å². The molecule has 1 fully saturated rings. The highest BCUT2D eigenvalue weighted by Gasteiger charge is 2.34. The van der Waals surface area contributed by atoms with E-state index in [0.29, 0.717) is 17.3 Å². The van der Waals surface area contributed by atoms with Gasteiger partial charge < -0.3 is 19.7 Å². The smallest absolute Gasteiger partial charge is 0.322 e. The SMILES string of the molecule is CC(C)N(CC(=O)N(Cc1cccn1C)C1CC1)C(=O)Nc1cccc(Cl)c1. The number of halogens is 1. The third-order valence-corrected chi connectivity index (χ3v) is 5.19. The lowest BCUT2D eigenvalue weighted by Gasteiger charge is -2.30. The molecule has 1 aromatic carbocycles. The number of aryl methyl sites for hydroxylation is 1. The number of carbonyl (C=O) groups is 2. The van der Waals surface area contributed by atoms with Gasteiger partial charge in [-0.15, -0.1) is 0 Å². The van der Waals surface area contributed by atoms with Crippen molar-refractivity contribution >= 4 is 29.2 Å². The van der Waals surface area contributed by atoms with Crippen molar-refractivity contribution in [3.8, 4) is 0 Å². The maximum Gasteiger partial charge on any atom is 0.322 e. The first kappa shape index (κ1) is 20.3. The van der Waals surface area contributed by atoms with Crippen molar-refractivity contribution in [1.82, 2.24) is 14.4 Å². The van der Waals surface area contributed by atoms with Crippen LogP contribution in [0, 0.1) is 0 Å². The molecule has 3 amide bonds. The first-order valence-electron chi connectivity index (χ1n) is 9.58. The number of hydrogen-bond donors (Lipinski definition) is 1. The van der Waals surface area contributed by atoms with Crippen molar-refractivity contribution < 1.29 is 9.59 Å². The first-order valence-corrected chi connectivity index (χ1v) is 9.96. The Bertz CT molecular complexity index is 844. The minimum atomic E-state index is -0.305. The van der Waals surface area contributed by atoms with Gasteiger partial charge in [-0.25, -0.2) is 4.79 Å². The van der Waals surface area contributed by atoms with Crippen molar-refractivity contribution in [3.05, 3.63) is 53.3 Å². The maximum atomic E-state index is 13.1. The Labute approximate surface area is 171 Å². The number of hydrogen-bond acceptors (Lipinski definition) is 2. The molecule has 2 aromatic rings. The van der Waals surface area contributed by atoms with Crippen molar-refractivity contribution in [3.63, 3.8) is 0 Å². The predicted molar refractivity (Wildman–Crippen MR) is 111 cm³/mol. The second-order valence-corrected chi connectivity index (χ2v) is 7.96. The largest absolute Gasteiger partial charge is 0.353 e. The van der Waals surface area contributed by atoms with E-state index in [1.165, 1.54) is 0 Å². The van der Waals surface area contributed by atoms with Gasteiger partial charge in [0, 0.05) is 41.7 Å². The van der Waals surface area contributed by atoms with Crippen LogP contribution >= 0.6 is 11.6 Å². The van der Waals surface area contributed by atoms with E-state index in [1.807, 2.05) is 48.7 Å². The molecular formula is C21H27ClN4O2. The summed E-state index contributed by atoms with van der Waals surface area (Å²) in [6.45, 7) is 4.42. The van der Waals surface area contributed by atoms with Gasteiger partial charge in [0.15, 0.2) is 0 Å². The van der Waals surface area contributed by atoms with E-state index in [1.54, 1.807) is 29.2 Å². The molecule has 0 aliphatic heterocycles. The van der Waals surface area contributed by atoms with Crippen molar-refractivity contribution in [2.45, 2.75) is 45.3 Å². The standard InChI is InChI=1S/C21H27ClN4O2/c1-15(2)25(21(28)23-17-7-4-6-16(22)12-17)14-20(27)26(18-9-10-18)13-19-8-5-11-24(19)3/h4-8,11-12,15,18H,9-10,13-14H2,1-3H3,(H,23,28). The van der Waals surface area contributed by atoms with Gasteiger partial charge >= 0.3 is 6.03 Å². The molecule has 1 aromatic heterocycles. The molecule has 0 radical (unpaired) electrons. The molecule has 0 spiro atoms. The van der Waals surface area contributed by atoms with Crippen LogP contribution in [0.4, 0.5) is 10.5 Å². The van der Waals surface area contributed by atoms with Gasteiger partial charge in [-0.2, -0.15) is 0 Å². The Morgan fingerprint density at radius 2 is 2.00 bits per heavy atom. The van der Waals surface area contributed by atoms with E-state index in [-0.39, 0.29) is 30.6 Å². The summed E-state index contributed by atoms with van der Waals surface area (Å²) in [4.78, 5) is 29.3. The van der Waals surface area contributed by atoms with Crippen LogP contribution in [0.25, 0.3) is 0 Å². The second-order valence-electron chi connectivity index (χ2n) is 7.53. The summed E-state index contributed by atoms with van der Waals surface area (Å²) in [6, 6.07) is 10.8. The number of nitrogens with zero attached hydrogens (tertiary/aromatic N) is 3. The molecule has 1 aliphatic rings. The first-order chi connectivity index (χ1) is 13.3. The van der Waals surface area contributed by atoms with Crippen LogP contribution < -0.4 is 5.32 Å². The fourth-order valence-corrected chi connectivity index (χ4v) is 3.32. The van der Waals surface area contributed by atoms with Gasteiger partial charge in [-0.05, 0) is 57.0 Å². The van der Waals surface area contributed by atoms with E-state index >= 15 is 0 Å². The van der Waals surface area contributed by atoms with Gasteiger partial charge in [0.1, 0.15) is 6.54 Å². The van der Waals surface area contributed by atoms with Crippen LogP contribution in [0.15, 0.2) is 42.6 Å². The number of rotatable bonds is 7. The highest BCUT2D eigenvalue weighted by atomic mass is 35.5. The highest BCUT2D eigenvalue weighted by molar-refractivity contribution is 6.30. The zero-order valence-corrected chi connectivity index (χ0v) is 17.3. The van der Waals surface area contributed by atoms with Crippen LogP contribution in [0.2, 0.25) is 5.02 Å². The van der Waals surface area contributed by atoms with Gasteiger partial charge in [0.25, 0.3) is 0 Å². The monoisotopic (exact) mass is 402 g/mol. The normalized spacial score (nSPS) is 13.5. The van der Waals surface area contributed by atoms with E-state index in [0.717, 1.165) is 18.5 Å². The summed E-state index contributed by atoms with van der Waals surface area (Å²) >= 11 is 5.99. The minimum absolute atomic E-state index is 0.0290. The molecule has 150 valence electrons. The van der Waals surface area contributed by atoms with Gasteiger partial charge in [-0.1, -0.05) is 17.7 Å². The Balaban J connectivity index is 1.68. The fourth-order valence-electron chi connectivity index (χ4n) is 3.13. The molecular weight excluding hydrogens is 376 g/mol. The number of nitrogens with one attached hydrogen (secondary N) is 1. The molecule has 6 nitrogen and oxygen atoms in total. The molecule has 1 saturated carbocycles. The third-order valence-electron chi connectivity index (χ3n) is 4.96. The molecule has 0 atom stereocenters. The summed E-state index contributed by atoms with van der Waals surface area (Å²) < 4.78 is 2.02. The van der Waals surface area contributed by atoms with Crippen LogP contribution in [-0.4, -0.2) is 44.9 Å². The topological polar surface area (TPSA) is 57.6 Å². The molecule has 0 bridgehead atoms.